The van der Waals surface area contributed by atoms with E-state index in [-0.39, 0.29) is 12.1 Å². The molecule has 2 fully saturated rings. The van der Waals surface area contributed by atoms with Crippen molar-refractivity contribution in [3.05, 3.63) is 52.9 Å². The zero-order valence-electron chi connectivity index (χ0n) is 18.3. The van der Waals surface area contributed by atoms with Crippen molar-refractivity contribution in [3.8, 4) is 0 Å². The zero-order valence-corrected chi connectivity index (χ0v) is 19.9. The quantitative estimate of drug-likeness (QED) is 0.320. The topological polar surface area (TPSA) is 145 Å². The second-order valence-electron chi connectivity index (χ2n) is 9.51. The van der Waals surface area contributed by atoms with Gasteiger partial charge in [-0.2, -0.15) is 0 Å². The zero-order chi connectivity index (χ0) is 23.6. The van der Waals surface area contributed by atoms with E-state index in [1.165, 1.54) is 6.33 Å². The molecule has 0 bridgehead atoms. The lowest BCUT2D eigenvalue weighted by atomic mass is 9.80. The molecule has 34 heavy (non-hydrogen) atoms. The maximum Gasteiger partial charge on any atom is 0.145 e. The smallest absolute Gasteiger partial charge is 0.145 e. The molecule has 5 atom stereocenters. The van der Waals surface area contributed by atoms with E-state index in [9.17, 15) is 10.2 Å². The van der Waals surface area contributed by atoms with Crippen molar-refractivity contribution < 1.29 is 14.9 Å². The minimum Gasteiger partial charge on any atom is -0.390 e. The lowest BCUT2D eigenvalue weighted by Gasteiger charge is -2.26. The van der Waals surface area contributed by atoms with E-state index in [2.05, 4.69) is 36.9 Å². The van der Waals surface area contributed by atoms with Crippen molar-refractivity contribution in [1.29, 1.82) is 0 Å². The molecule has 9 nitrogen and oxygen atoms in total. The molecule has 3 aromatic heterocycles. The van der Waals surface area contributed by atoms with Crippen molar-refractivity contribution in [2.75, 3.05) is 18.1 Å². The summed E-state index contributed by atoms with van der Waals surface area (Å²) >= 11 is 3.42. The van der Waals surface area contributed by atoms with Crippen LogP contribution >= 0.6 is 15.9 Å². The van der Waals surface area contributed by atoms with E-state index in [0.29, 0.717) is 43.2 Å². The van der Waals surface area contributed by atoms with Crippen LogP contribution in [0.4, 0.5) is 11.6 Å². The molecule has 0 amide bonds. The molecule has 10 heteroatoms. The number of benzene rings is 1. The molecule has 0 unspecified atom stereocenters. The summed E-state index contributed by atoms with van der Waals surface area (Å²) in [5, 5.41) is 23.8. The number of hydrogen-bond donors (Lipinski definition) is 4. The normalized spacial score (nSPS) is 29.0. The van der Waals surface area contributed by atoms with Crippen LogP contribution in [0.2, 0.25) is 0 Å². The lowest BCUT2D eigenvalue weighted by Crippen LogP contribution is -2.37. The highest BCUT2D eigenvalue weighted by Crippen LogP contribution is 2.52. The Bertz CT molecular complexity index is 1410. The Labute approximate surface area is 203 Å². The fourth-order valence-electron chi connectivity index (χ4n) is 5.68. The monoisotopic (exact) mass is 524 g/mol. The predicted octanol–water partition coefficient (Wildman–Crippen LogP) is 2.59. The van der Waals surface area contributed by atoms with E-state index >= 15 is 0 Å². The van der Waals surface area contributed by atoms with Gasteiger partial charge in [0, 0.05) is 17.0 Å². The molecule has 0 radical (unpaired) electrons. The number of aromatic nitrogens is 4. The van der Waals surface area contributed by atoms with Gasteiger partial charge in [0.05, 0.1) is 40.2 Å². The van der Waals surface area contributed by atoms with E-state index < -0.39 is 17.6 Å². The summed E-state index contributed by atoms with van der Waals surface area (Å²) in [7, 11) is 0. The summed E-state index contributed by atoms with van der Waals surface area (Å²) in [5.41, 5.74) is 14.0. The summed E-state index contributed by atoms with van der Waals surface area (Å²) in [5.74, 6) is 0.856. The van der Waals surface area contributed by atoms with Gasteiger partial charge in [-0.05, 0) is 59.0 Å². The van der Waals surface area contributed by atoms with Gasteiger partial charge in [0.25, 0.3) is 0 Å². The average Bonchev–Trinajstić information content (AvgIpc) is 3.49. The Balaban J connectivity index is 1.23. The molecule has 1 aliphatic heterocycles. The van der Waals surface area contributed by atoms with Crippen molar-refractivity contribution in [3.63, 3.8) is 0 Å². The fourth-order valence-corrected chi connectivity index (χ4v) is 6.01. The molecule has 6 rings (SSSR count). The SMILES string of the molecule is Nc1nc2cc(C[C@@H]3C[C@@]4(CO3)C[C@@H](n3ccc5c(N)ncnc53)[C@H](O)[C@@H]4O)ccc2cc1Br. The minimum absolute atomic E-state index is 0.0646. The summed E-state index contributed by atoms with van der Waals surface area (Å²) < 4.78 is 8.85. The lowest BCUT2D eigenvalue weighted by molar-refractivity contribution is -0.0308. The number of aliphatic hydroxyl groups excluding tert-OH is 2. The Hall–Kier alpha value is -2.79. The second-order valence-corrected chi connectivity index (χ2v) is 10.4. The maximum absolute atomic E-state index is 11.1. The first kappa shape index (κ1) is 21.7. The molecule has 2 aliphatic rings. The van der Waals surface area contributed by atoms with Crippen LogP contribution in [0.1, 0.15) is 24.4 Å². The van der Waals surface area contributed by atoms with Crippen molar-refractivity contribution >= 4 is 49.5 Å². The van der Waals surface area contributed by atoms with Crippen LogP contribution in [0.3, 0.4) is 0 Å². The molecule has 6 N–H and O–H groups in total. The fraction of sp³-hybridized carbons (Fsp3) is 0.375. The third-order valence-corrected chi connectivity index (χ3v) is 8.06. The molecule has 176 valence electrons. The first-order chi connectivity index (χ1) is 16.3. The van der Waals surface area contributed by atoms with E-state index in [0.717, 1.165) is 26.3 Å². The molecule has 1 saturated carbocycles. The Morgan fingerprint density at radius 3 is 2.82 bits per heavy atom. The number of ether oxygens (including phenoxy) is 1. The van der Waals surface area contributed by atoms with Crippen molar-refractivity contribution in [1.82, 2.24) is 19.5 Å². The van der Waals surface area contributed by atoms with Gasteiger partial charge in [-0.15, -0.1) is 0 Å². The van der Waals surface area contributed by atoms with Crippen LogP contribution in [0.15, 0.2) is 47.3 Å². The molecule has 1 saturated heterocycles. The van der Waals surface area contributed by atoms with Gasteiger partial charge in [0.2, 0.25) is 0 Å². The van der Waals surface area contributed by atoms with Crippen LogP contribution in [0.5, 0.6) is 0 Å². The molecule has 1 aromatic carbocycles. The van der Waals surface area contributed by atoms with Gasteiger partial charge in [-0.25, -0.2) is 15.0 Å². The molecular formula is C24H25BrN6O3. The van der Waals surface area contributed by atoms with Crippen LogP contribution < -0.4 is 11.5 Å². The highest BCUT2D eigenvalue weighted by Gasteiger charge is 2.57. The molecule has 4 aromatic rings. The van der Waals surface area contributed by atoms with Crippen molar-refractivity contribution in [2.45, 2.75) is 43.6 Å². The Morgan fingerprint density at radius 1 is 1.12 bits per heavy atom. The third kappa shape index (κ3) is 3.36. The number of nitrogens with two attached hydrogens (primary N) is 2. The first-order valence-corrected chi connectivity index (χ1v) is 12.0. The van der Waals surface area contributed by atoms with Crippen LogP contribution in [0.25, 0.3) is 21.9 Å². The Morgan fingerprint density at radius 2 is 1.97 bits per heavy atom. The third-order valence-electron chi connectivity index (χ3n) is 7.42. The van der Waals surface area contributed by atoms with E-state index in [1.54, 1.807) is 0 Å². The average molecular weight is 525 g/mol. The number of rotatable bonds is 3. The number of pyridine rings is 1. The van der Waals surface area contributed by atoms with Crippen LogP contribution in [-0.4, -0.2) is 54.7 Å². The summed E-state index contributed by atoms with van der Waals surface area (Å²) in [4.78, 5) is 12.9. The highest BCUT2D eigenvalue weighted by atomic mass is 79.9. The predicted molar refractivity (Wildman–Crippen MR) is 132 cm³/mol. The summed E-state index contributed by atoms with van der Waals surface area (Å²) in [6, 6.07) is 9.62. The van der Waals surface area contributed by atoms with Gasteiger partial charge in [-0.1, -0.05) is 12.1 Å². The first-order valence-electron chi connectivity index (χ1n) is 11.2. The van der Waals surface area contributed by atoms with E-state index in [4.69, 9.17) is 16.2 Å². The molecule has 1 aliphatic carbocycles. The summed E-state index contributed by atoms with van der Waals surface area (Å²) in [6.07, 6.45) is 3.32. The van der Waals surface area contributed by atoms with E-state index in [1.807, 2.05) is 35.0 Å². The number of fused-ring (bicyclic) bond motifs is 2. The molecule has 1 spiro atoms. The number of nitrogen functional groups attached to an aromatic ring is 2. The number of anilines is 2. The number of nitrogens with zero attached hydrogens (tertiary/aromatic N) is 4. The molecule has 4 heterocycles. The van der Waals surface area contributed by atoms with Crippen LogP contribution in [0, 0.1) is 5.41 Å². The highest BCUT2D eigenvalue weighted by molar-refractivity contribution is 9.10. The maximum atomic E-state index is 11.1. The van der Waals surface area contributed by atoms with Gasteiger partial charge in [-0.3, -0.25) is 0 Å². The van der Waals surface area contributed by atoms with Crippen LogP contribution in [-0.2, 0) is 11.2 Å². The minimum atomic E-state index is -0.930. The summed E-state index contributed by atoms with van der Waals surface area (Å²) in [6.45, 7) is 0.397. The second kappa shape index (κ2) is 7.88. The largest absolute Gasteiger partial charge is 0.390 e. The van der Waals surface area contributed by atoms with Crippen molar-refractivity contribution in [2.24, 2.45) is 5.41 Å². The van der Waals surface area contributed by atoms with Gasteiger partial charge >= 0.3 is 0 Å². The number of halogens is 1. The van der Waals surface area contributed by atoms with Gasteiger partial charge < -0.3 is 31.0 Å². The number of aliphatic hydroxyl groups is 2. The Kier molecular flexibility index (Phi) is 5.03. The number of hydrogen-bond acceptors (Lipinski definition) is 8. The molecular weight excluding hydrogens is 500 g/mol. The van der Waals surface area contributed by atoms with Gasteiger partial charge in [0.15, 0.2) is 0 Å². The van der Waals surface area contributed by atoms with Gasteiger partial charge in [0.1, 0.15) is 29.7 Å². The standard InChI is InChI=1S/C24H25BrN6O3/c25-16-7-13-2-1-12(6-17(13)30-22(16)27)5-14-8-24(10-34-14)9-18(19(32)20(24)33)31-4-3-15-21(26)28-11-29-23(15)31/h1-4,6-7,11,14,18-20,32-33H,5,8-10H2,(H2,27,30)(H2,26,28,29)/t14-,18-,19+,20+,24+/m1/s1.